The molecule has 1 fully saturated rings. The van der Waals surface area contributed by atoms with Gasteiger partial charge in [-0.25, -0.2) is 4.39 Å². The third-order valence-corrected chi connectivity index (χ3v) is 4.12. The van der Waals surface area contributed by atoms with Gasteiger partial charge in [0.1, 0.15) is 0 Å². The number of rotatable bonds is 7. The zero-order chi connectivity index (χ0) is 13.0. The van der Waals surface area contributed by atoms with Crippen LogP contribution in [0.1, 0.15) is 24.8 Å². The molecular weight excluding hydrogens is 249 g/mol. The summed E-state index contributed by atoms with van der Waals surface area (Å²) in [6, 6.07) is 5.11. The van der Waals surface area contributed by atoms with Gasteiger partial charge in [0.25, 0.3) is 0 Å². The molecule has 1 aromatic rings. The van der Waals surface area contributed by atoms with E-state index in [1.807, 2.05) is 12.1 Å². The molecule has 1 aliphatic carbocycles. The lowest BCUT2D eigenvalue weighted by molar-refractivity contribution is 0.385. The van der Waals surface area contributed by atoms with Crippen molar-refractivity contribution in [3.63, 3.8) is 0 Å². The number of hydrogen-bond donors (Lipinski definition) is 1. The van der Waals surface area contributed by atoms with E-state index < -0.39 is 0 Å². The average Bonchev–Trinajstić information content (AvgIpc) is 3.16. The molecule has 0 saturated heterocycles. The van der Waals surface area contributed by atoms with Crippen molar-refractivity contribution >= 4 is 11.9 Å². The Hall–Kier alpha value is -1.00. The second kappa shape index (κ2) is 5.76. The molecule has 18 heavy (non-hydrogen) atoms. The molecule has 98 valence electrons. The number of methoxy groups -OCH3 is 1. The number of halogens is 1. The van der Waals surface area contributed by atoms with Gasteiger partial charge in [0.2, 0.25) is 0 Å². The monoisotopic (exact) mass is 267 g/mol. The van der Waals surface area contributed by atoms with Crippen LogP contribution in [-0.2, 0) is 5.54 Å². The van der Waals surface area contributed by atoms with Crippen molar-refractivity contribution in [3.05, 3.63) is 42.2 Å². The fourth-order valence-electron chi connectivity index (χ4n) is 1.86. The van der Waals surface area contributed by atoms with Crippen molar-refractivity contribution in [2.45, 2.75) is 24.8 Å². The molecule has 2 nitrogen and oxygen atoms in total. The van der Waals surface area contributed by atoms with Crippen LogP contribution in [0.5, 0.6) is 5.75 Å². The van der Waals surface area contributed by atoms with E-state index in [4.69, 9.17) is 4.74 Å². The average molecular weight is 267 g/mol. The highest BCUT2D eigenvalue weighted by Gasteiger charge is 2.44. The SMILES string of the molecule is C=CCCSNC1(c2ccc(F)c(OC)c2)CC1. The van der Waals surface area contributed by atoms with E-state index >= 15 is 0 Å². The lowest BCUT2D eigenvalue weighted by Crippen LogP contribution is -2.23. The summed E-state index contributed by atoms with van der Waals surface area (Å²) >= 11 is 1.70. The van der Waals surface area contributed by atoms with Crippen LogP contribution in [0.4, 0.5) is 4.39 Å². The van der Waals surface area contributed by atoms with Crippen molar-refractivity contribution in [2.24, 2.45) is 0 Å². The minimum Gasteiger partial charge on any atom is -0.494 e. The Labute approximate surface area is 112 Å². The summed E-state index contributed by atoms with van der Waals surface area (Å²) in [6.45, 7) is 3.70. The Bertz CT molecular complexity index is 432. The van der Waals surface area contributed by atoms with E-state index in [1.165, 1.54) is 13.2 Å². The van der Waals surface area contributed by atoms with Gasteiger partial charge in [0.05, 0.1) is 12.6 Å². The zero-order valence-corrected chi connectivity index (χ0v) is 11.4. The van der Waals surface area contributed by atoms with Gasteiger partial charge in [-0.15, -0.1) is 6.58 Å². The highest BCUT2D eigenvalue weighted by molar-refractivity contribution is 7.97. The smallest absolute Gasteiger partial charge is 0.165 e. The standard InChI is InChI=1S/C14H18FNOS/c1-3-4-9-18-16-14(7-8-14)11-5-6-12(15)13(10-11)17-2/h3,5-6,10,16H,1,4,7-9H2,2H3. The van der Waals surface area contributed by atoms with Crippen LogP contribution in [0.2, 0.25) is 0 Å². The van der Waals surface area contributed by atoms with Crippen LogP contribution in [0.3, 0.4) is 0 Å². The van der Waals surface area contributed by atoms with Gasteiger partial charge < -0.3 is 4.74 Å². The van der Waals surface area contributed by atoms with Crippen LogP contribution >= 0.6 is 11.9 Å². The summed E-state index contributed by atoms with van der Waals surface area (Å²) in [7, 11) is 1.49. The summed E-state index contributed by atoms with van der Waals surface area (Å²) in [4.78, 5) is 0. The van der Waals surface area contributed by atoms with Gasteiger partial charge >= 0.3 is 0 Å². The largest absolute Gasteiger partial charge is 0.494 e. The van der Waals surface area contributed by atoms with Gasteiger partial charge in [0.15, 0.2) is 11.6 Å². The molecule has 4 heteroatoms. The molecule has 2 rings (SSSR count). The first-order valence-electron chi connectivity index (χ1n) is 6.06. The number of nitrogens with one attached hydrogen (secondary N) is 1. The number of ether oxygens (including phenoxy) is 1. The Morgan fingerprint density at radius 2 is 2.33 bits per heavy atom. The zero-order valence-electron chi connectivity index (χ0n) is 10.5. The van der Waals surface area contributed by atoms with E-state index in [2.05, 4.69) is 11.3 Å². The number of hydrogen-bond acceptors (Lipinski definition) is 3. The van der Waals surface area contributed by atoms with Crippen LogP contribution in [0, 0.1) is 5.82 Å². The molecule has 0 aromatic heterocycles. The van der Waals surface area contributed by atoms with Crippen molar-refractivity contribution in [1.29, 1.82) is 0 Å². The molecule has 0 atom stereocenters. The molecule has 0 radical (unpaired) electrons. The molecule has 0 bridgehead atoms. The Morgan fingerprint density at radius 3 is 2.94 bits per heavy atom. The van der Waals surface area contributed by atoms with Gasteiger partial charge in [-0.2, -0.15) is 0 Å². The molecule has 0 unspecified atom stereocenters. The van der Waals surface area contributed by atoms with Crippen molar-refractivity contribution < 1.29 is 9.13 Å². The third-order valence-electron chi connectivity index (χ3n) is 3.15. The predicted molar refractivity (Wildman–Crippen MR) is 74.3 cm³/mol. The highest BCUT2D eigenvalue weighted by Crippen LogP contribution is 2.47. The van der Waals surface area contributed by atoms with Gasteiger partial charge in [0, 0.05) is 5.75 Å². The first-order valence-corrected chi connectivity index (χ1v) is 7.04. The Balaban J connectivity index is 2.03. The number of benzene rings is 1. The van der Waals surface area contributed by atoms with Gasteiger partial charge in [-0.05, 0) is 37.0 Å². The second-order valence-corrected chi connectivity index (χ2v) is 5.36. The quantitative estimate of drug-likeness (QED) is 0.463. The fourth-order valence-corrected chi connectivity index (χ4v) is 2.85. The second-order valence-electron chi connectivity index (χ2n) is 4.46. The summed E-state index contributed by atoms with van der Waals surface area (Å²) in [5.74, 6) is 1.01. The molecule has 1 aromatic carbocycles. The normalized spacial score (nSPS) is 16.3. The van der Waals surface area contributed by atoms with Crippen LogP contribution in [-0.4, -0.2) is 12.9 Å². The van der Waals surface area contributed by atoms with E-state index in [-0.39, 0.29) is 11.4 Å². The van der Waals surface area contributed by atoms with Crippen LogP contribution in [0.25, 0.3) is 0 Å². The molecule has 1 saturated carbocycles. The summed E-state index contributed by atoms with van der Waals surface area (Å²) in [5, 5.41) is 0. The van der Waals surface area contributed by atoms with Crippen molar-refractivity contribution in [1.82, 2.24) is 4.72 Å². The van der Waals surface area contributed by atoms with Crippen molar-refractivity contribution in [3.8, 4) is 5.75 Å². The minimum atomic E-state index is -0.309. The molecule has 1 N–H and O–H groups in total. The van der Waals surface area contributed by atoms with E-state index in [0.717, 1.165) is 30.6 Å². The Kier molecular flexibility index (Phi) is 4.30. The summed E-state index contributed by atoms with van der Waals surface area (Å²) in [5.41, 5.74) is 1.11. The van der Waals surface area contributed by atoms with E-state index in [9.17, 15) is 4.39 Å². The summed E-state index contributed by atoms with van der Waals surface area (Å²) < 4.78 is 21.9. The van der Waals surface area contributed by atoms with Gasteiger partial charge in [-0.3, -0.25) is 4.72 Å². The molecule has 0 heterocycles. The maximum absolute atomic E-state index is 13.4. The molecule has 0 aliphatic heterocycles. The highest BCUT2D eigenvalue weighted by atomic mass is 32.2. The molecule has 0 spiro atoms. The van der Waals surface area contributed by atoms with Crippen LogP contribution < -0.4 is 9.46 Å². The topological polar surface area (TPSA) is 21.3 Å². The number of allylic oxidation sites excluding steroid dienone is 1. The first-order chi connectivity index (χ1) is 8.72. The lowest BCUT2D eigenvalue weighted by atomic mass is 10.1. The van der Waals surface area contributed by atoms with Gasteiger partial charge in [-0.1, -0.05) is 24.1 Å². The Morgan fingerprint density at radius 1 is 1.56 bits per heavy atom. The maximum atomic E-state index is 13.4. The van der Waals surface area contributed by atoms with Crippen molar-refractivity contribution in [2.75, 3.05) is 12.9 Å². The first kappa shape index (κ1) is 13.4. The predicted octanol–water partition coefficient (Wildman–Crippen LogP) is 3.64. The van der Waals surface area contributed by atoms with E-state index in [1.54, 1.807) is 18.0 Å². The molecule has 1 aliphatic rings. The molecular formula is C14H18FNOS. The lowest BCUT2D eigenvalue weighted by Gasteiger charge is -2.18. The fraction of sp³-hybridized carbons (Fsp3) is 0.429. The third kappa shape index (κ3) is 2.87. The molecule has 0 amide bonds. The van der Waals surface area contributed by atoms with Crippen LogP contribution in [0.15, 0.2) is 30.9 Å². The summed E-state index contributed by atoms with van der Waals surface area (Å²) in [6.07, 6.45) is 5.07. The minimum absolute atomic E-state index is 0.00676. The maximum Gasteiger partial charge on any atom is 0.165 e. The van der Waals surface area contributed by atoms with E-state index in [0.29, 0.717) is 5.75 Å².